The molecule has 5 heteroatoms. The van der Waals surface area contributed by atoms with Gasteiger partial charge in [0.25, 0.3) is 0 Å². The summed E-state index contributed by atoms with van der Waals surface area (Å²) < 4.78 is 17.6. The first-order valence-electron chi connectivity index (χ1n) is 11.7. The zero-order valence-electron chi connectivity index (χ0n) is 19.9. The van der Waals surface area contributed by atoms with Crippen LogP contribution >= 0.6 is 0 Å². The molecule has 0 atom stereocenters. The van der Waals surface area contributed by atoms with Crippen LogP contribution in [0.3, 0.4) is 0 Å². The third-order valence-electron chi connectivity index (χ3n) is 5.66. The van der Waals surface area contributed by atoms with E-state index >= 15 is 0 Å². The van der Waals surface area contributed by atoms with Crippen LogP contribution < -0.4 is 9.47 Å². The molecule has 0 aliphatic carbocycles. The number of hydrogen-bond donors (Lipinski definition) is 0. The highest BCUT2D eigenvalue weighted by molar-refractivity contribution is 6.12. The summed E-state index contributed by atoms with van der Waals surface area (Å²) in [5, 5.41) is 0. The van der Waals surface area contributed by atoms with Gasteiger partial charge in [-0.15, -0.1) is 0 Å². The van der Waals surface area contributed by atoms with E-state index in [1.807, 2.05) is 110 Å². The Labute approximate surface area is 210 Å². The Hall–Kier alpha value is -4.64. The van der Waals surface area contributed by atoms with E-state index in [0.717, 1.165) is 27.8 Å². The number of benzene rings is 4. The Morgan fingerprint density at radius 1 is 0.750 bits per heavy atom. The van der Waals surface area contributed by atoms with Crippen molar-refractivity contribution in [3.8, 4) is 11.5 Å². The number of cyclic esters (lactones) is 1. The van der Waals surface area contributed by atoms with Crippen LogP contribution in [-0.2, 0) is 22.7 Å². The lowest BCUT2D eigenvalue weighted by Crippen LogP contribution is -2.05. The number of rotatable bonds is 8. The van der Waals surface area contributed by atoms with Crippen molar-refractivity contribution in [2.75, 3.05) is 0 Å². The van der Waals surface area contributed by atoms with Gasteiger partial charge in [-0.25, -0.2) is 9.79 Å². The summed E-state index contributed by atoms with van der Waals surface area (Å²) in [6, 6.07) is 33.1. The van der Waals surface area contributed by atoms with Crippen molar-refractivity contribution in [1.82, 2.24) is 0 Å². The van der Waals surface area contributed by atoms with E-state index in [2.05, 4.69) is 4.99 Å². The van der Waals surface area contributed by atoms with Crippen LogP contribution in [0.25, 0.3) is 6.08 Å². The second kappa shape index (κ2) is 10.7. The number of esters is 1. The average Bonchev–Trinajstić information content (AvgIpc) is 3.28. The molecular formula is C31H25NO4. The highest BCUT2D eigenvalue weighted by Crippen LogP contribution is 2.31. The summed E-state index contributed by atoms with van der Waals surface area (Å²) in [5.74, 6) is 1.02. The fourth-order valence-electron chi connectivity index (χ4n) is 3.70. The molecule has 1 heterocycles. The molecule has 0 fully saturated rings. The molecule has 4 aromatic carbocycles. The second-order valence-electron chi connectivity index (χ2n) is 8.46. The van der Waals surface area contributed by atoms with Crippen LogP contribution in [0.1, 0.15) is 27.8 Å². The zero-order chi connectivity index (χ0) is 24.7. The second-order valence-corrected chi connectivity index (χ2v) is 8.46. The molecule has 0 saturated heterocycles. The van der Waals surface area contributed by atoms with Crippen molar-refractivity contribution in [1.29, 1.82) is 0 Å². The Kier molecular flexibility index (Phi) is 6.90. The third kappa shape index (κ3) is 5.70. The van der Waals surface area contributed by atoms with Crippen LogP contribution in [0.4, 0.5) is 0 Å². The number of ether oxygens (including phenoxy) is 3. The molecule has 178 valence electrons. The summed E-state index contributed by atoms with van der Waals surface area (Å²) >= 11 is 0. The summed E-state index contributed by atoms with van der Waals surface area (Å²) in [6.07, 6.45) is 1.69. The molecule has 5 rings (SSSR count). The van der Waals surface area contributed by atoms with E-state index in [-0.39, 0.29) is 5.70 Å². The Bertz CT molecular complexity index is 1410. The van der Waals surface area contributed by atoms with Gasteiger partial charge in [-0.1, -0.05) is 84.4 Å². The number of carbonyl (C=O) groups excluding carboxylic acids is 1. The van der Waals surface area contributed by atoms with Gasteiger partial charge < -0.3 is 14.2 Å². The van der Waals surface area contributed by atoms with Gasteiger partial charge in [-0.05, 0) is 54.0 Å². The first-order chi connectivity index (χ1) is 17.6. The largest absolute Gasteiger partial charge is 0.485 e. The van der Waals surface area contributed by atoms with E-state index in [1.165, 1.54) is 0 Å². The highest BCUT2D eigenvalue weighted by Gasteiger charge is 2.24. The maximum atomic E-state index is 12.5. The molecule has 0 spiro atoms. The van der Waals surface area contributed by atoms with Crippen LogP contribution in [-0.4, -0.2) is 11.9 Å². The summed E-state index contributed by atoms with van der Waals surface area (Å²) in [4.78, 5) is 16.9. The lowest BCUT2D eigenvalue weighted by Gasteiger charge is -2.14. The lowest BCUT2D eigenvalue weighted by atomic mass is 10.1. The standard InChI is InChI=1S/C31H25NO4/c1-22-12-15-26(16-13-22)30-32-27(31(33)36-30)18-25-14-17-28(34-20-23-8-4-2-5-9-23)29(19-25)35-21-24-10-6-3-7-11-24/h2-19H,20-21H2,1H3/b27-18+. The monoisotopic (exact) mass is 475 g/mol. The SMILES string of the molecule is Cc1ccc(C2=N/C(=C/c3ccc(OCc4ccccc4)c(OCc4ccccc4)c3)C(=O)O2)cc1. The van der Waals surface area contributed by atoms with Gasteiger partial charge in [0.05, 0.1) is 0 Å². The van der Waals surface area contributed by atoms with Gasteiger partial charge in [-0.2, -0.15) is 0 Å². The van der Waals surface area contributed by atoms with E-state index < -0.39 is 5.97 Å². The first-order valence-corrected chi connectivity index (χ1v) is 11.7. The van der Waals surface area contributed by atoms with Crippen molar-refractivity contribution in [3.63, 3.8) is 0 Å². The zero-order valence-corrected chi connectivity index (χ0v) is 19.9. The first kappa shape index (κ1) is 23.1. The smallest absolute Gasteiger partial charge is 0.363 e. The fourth-order valence-corrected chi connectivity index (χ4v) is 3.70. The quantitative estimate of drug-likeness (QED) is 0.216. The molecule has 36 heavy (non-hydrogen) atoms. The van der Waals surface area contributed by atoms with Gasteiger partial charge in [0.15, 0.2) is 17.2 Å². The van der Waals surface area contributed by atoms with E-state index in [4.69, 9.17) is 14.2 Å². The van der Waals surface area contributed by atoms with Crippen LogP contribution in [0.2, 0.25) is 0 Å². The van der Waals surface area contributed by atoms with Crippen LogP contribution in [0, 0.1) is 6.92 Å². The molecule has 0 amide bonds. The Morgan fingerprint density at radius 2 is 1.36 bits per heavy atom. The van der Waals surface area contributed by atoms with Crippen molar-refractivity contribution in [2.24, 2.45) is 4.99 Å². The molecule has 0 radical (unpaired) electrons. The minimum atomic E-state index is -0.485. The molecule has 5 nitrogen and oxygen atoms in total. The molecule has 1 aliphatic rings. The molecule has 1 aliphatic heterocycles. The van der Waals surface area contributed by atoms with E-state index in [0.29, 0.717) is 30.6 Å². The van der Waals surface area contributed by atoms with Gasteiger partial charge in [0.1, 0.15) is 13.2 Å². The minimum Gasteiger partial charge on any atom is -0.485 e. The maximum absolute atomic E-state index is 12.5. The van der Waals surface area contributed by atoms with Crippen molar-refractivity contribution >= 4 is 17.9 Å². The van der Waals surface area contributed by atoms with Crippen molar-refractivity contribution in [2.45, 2.75) is 20.1 Å². The number of aryl methyl sites for hydroxylation is 1. The molecule has 0 bridgehead atoms. The van der Waals surface area contributed by atoms with Crippen LogP contribution in [0.5, 0.6) is 11.5 Å². The van der Waals surface area contributed by atoms with Crippen LogP contribution in [0.15, 0.2) is 114 Å². The average molecular weight is 476 g/mol. The topological polar surface area (TPSA) is 57.1 Å². The van der Waals surface area contributed by atoms with Gasteiger partial charge >= 0.3 is 5.97 Å². The minimum absolute atomic E-state index is 0.234. The van der Waals surface area contributed by atoms with E-state index in [1.54, 1.807) is 6.08 Å². The van der Waals surface area contributed by atoms with Crippen molar-refractivity contribution < 1.29 is 19.0 Å². The van der Waals surface area contributed by atoms with Gasteiger partial charge in [0.2, 0.25) is 5.90 Å². The number of nitrogens with zero attached hydrogens (tertiary/aromatic N) is 1. The number of hydrogen-bond acceptors (Lipinski definition) is 5. The number of aliphatic imine (C=N–C) groups is 1. The molecular weight excluding hydrogens is 450 g/mol. The highest BCUT2D eigenvalue weighted by atomic mass is 16.6. The third-order valence-corrected chi connectivity index (χ3v) is 5.66. The Balaban J connectivity index is 1.40. The summed E-state index contributed by atoms with van der Waals surface area (Å²) in [6.45, 7) is 2.81. The molecule has 0 unspecified atom stereocenters. The summed E-state index contributed by atoms with van der Waals surface area (Å²) in [7, 11) is 0. The molecule has 0 saturated carbocycles. The maximum Gasteiger partial charge on any atom is 0.363 e. The Morgan fingerprint density at radius 3 is 2.00 bits per heavy atom. The van der Waals surface area contributed by atoms with Crippen molar-refractivity contribution in [3.05, 3.63) is 137 Å². The summed E-state index contributed by atoms with van der Waals surface area (Å²) in [5.41, 5.74) is 4.97. The molecule has 0 aromatic heterocycles. The fraction of sp³-hybridized carbons (Fsp3) is 0.0968. The normalized spacial score (nSPS) is 13.9. The molecule has 4 aromatic rings. The number of carbonyl (C=O) groups is 1. The lowest BCUT2D eigenvalue weighted by molar-refractivity contribution is -0.129. The predicted molar refractivity (Wildman–Crippen MR) is 140 cm³/mol. The predicted octanol–water partition coefficient (Wildman–Crippen LogP) is 6.50. The van der Waals surface area contributed by atoms with E-state index in [9.17, 15) is 4.79 Å². The molecule has 0 N–H and O–H groups in total. The van der Waals surface area contributed by atoms with Gasteiger partial charge in [0, 0.05) is 5.56 Å². The van der Waals surface area contributed by atoms with Gasteiger partial charge in [-0.3, -0.25) is 0 Å².